The average Bonchev–Trinajstić information content (AvgIpc) is 2.88. The average molecular weight is 323 g/mol. The molecule has 3 N–H and O–H groups in total. The Labute approximate surface area is 134 Å². The van der Waals surface area contributed by atoms with Crippen molar-refractivity contribution in [3.05, 3.63) is 35.4 Å². The highest BCUT2D eigenvalue weighted by molar-refractivity contribution is 5.82. The first-order valence-corrected chi connectivity index (χ1v) is 7.50. The first-order valence-electron chi connectivity index (χ1n) is 7.50. The second-order valence-corrected chi connectivity index (χ2v) is 5.71. The quantitative estimate of drug-likeness (QED) is 0.758. The minimum Gasteiger partial charge on any atom is -0.380 e. The summed E-state index contributed by atoms with van der Waals surface area (Å²) >= 11 is 0. The highest BCUT2D eigenvalue weighted by Gasteiger charge is 2.36. The van der Waals surface area contributed by atoms with Gasteiger partial charge in [0.15, 0.2) is 0 Å². The summed E-state index contributed by atoms with van der Waals surface area (Å²) in [6.45, 7) is 0.948. The van der Waals surface area contributed by atoms with Crippen LogP contribution < -0.4 is 11.1 Å². The van der Waals surface area contributed by atoms with Crippen molar-refractivity contribution in [1.82, 2.24) is 10.2 Å². The van der Waals surface area contributed by atoms with E-state index >= 15 is 0 Å². The van der Waals surface area contributed by atoms with Crippen LogP contribution in [0.5, 0.6) is 0 Å². The van der Waals surface area contributed by atoms with Crippen molar-refractivity contribution in [1.29, 1.82) is 0 Å². The lowest BCUT2D eigenvalue weighted by Crippen LogP contribution is -2.45. The first-order chi connectivity index (χ1) is 11.0. The van der Waals surface area contributed by atoms with E-state index in [1.807, 2.05) is 24.3 Å². The number of hydrogen-bond acceptors (Lipinski definition) is 4. The van der Waals surface area contributed by atoms with E-state index in [0.29, 0.717) is 13.2 Å². The van der Waals surface area contributed by atoms with Gasteiger partial charge in [-0.2, -0.15) is 0 Å². The molecule has 2 rings (SSSR count). The van der Waals surface area contributed by atoms with Gasteiger partial charge in [-0.05, 0) is 11.1 Å². The molecule has 1 saturated heterocycles. The van der Waals surface area contributed by atoms with Crippen molar-refractivity contribution >= 4 is 11.8 Å². The Morgan fingerprint density at radius 1 is 1.35 bits per heavy atom. The molecular weight excluding hydrogens is 301 g/mol. The predicted molar refractivity (Wildman–Crippen MR) is 83.1 cm³/mol. The normalized spacial score (nSPS) is 21.3. The summed E-state index contributed by atoms with van der Waals surface area (Å²) in [7, 11) is 1.63. The fourth-order valence-corrected chi connectivity index (χ4v) is 2.68. The van der Waals surface area contributed by atoms with Gasteiger partial charge in [0.05, 0.1) is 19.2 Å². The third-order valence-corrected chi connectivity index (χ3v) is 3.85. The van der Waals surface area contributed by atoms with Crippen molar-refractivity contribution in [3.8, 4) is 0 Å². The number of halogens is 1. The van der Waals surface area contributed by atoms with Gasteiger partial charge in [0, 0.05) is 26.6 Å². The van der Waals surface area contributed by atoms with Crippen molar-refractivity contribution in [2.45, 2.75) is 31.8 Å². The summed E-state index contributed by atoms with van der Waals surface area (Å²) < 4.78 is 18.4. The summed E-state index contributed by atoms with van der Waals surface area (Å²) in [5.41, 5.74) is 7.25. The van der Waals surface area contributed by atoms with E-state index in [1.165, 1.54) is 4.90 Å². The van der Waals surface area contributed by atoms with Gasteiger partial charge in [0.1, 0.15) is 6.17 Å². The zero-order chi connectivity index (χ0) is 16.8. The minimum atomic E-state index is -1.12. The van der Waals surface area contributed by atoms with E-state index in [0.717, 1.165) is 11.1 Å². The van der Waals surface area contributed by atoms with E-state index in [-0.39, 0.29) is 25.4 Å². The number of hydrogen-bond donors (Lipinski definition) is 2. The maximum atomic E-state index is 13.4. The molecule has 2 amide bonds. The Bertz CT molecular complexity index is 550. The number of primary amides is 1. The molecule has 23 heavy (non-hydrogen) atoms. The molecule has 1 heterocycles. The lowest BCUT2D eigenvalue weighted by atomic mass is 10.1. The minimum absolute atomic E-state index is 0.0320. The number of likely N-dealkylation sites (tertiary alicyclic amines) is 1. The van der Waals surface area contributed by atoms with Crippen LogP contribution in [0.3, 0.4) is 0 Å². The molecule has 0 aromatic heterocycles. The number of methoxy groups -OCH3 is 1. The first kappa shape index (κ1) is 17.4. The van der Waals surface area contributed by atoms with Gasteiger partial charge < -0.3 is 15.8 Å². The zero-order valence-corrected chi connectivity index (χ0v) is 13.1. The second kappa shape index (κ2) is 8.03. The van der Waals surface area contributed by atoms with Crippen molar-refractivity contribution < 1.29 is 18.7 Å². The van der Waals surface area contributed by atoms with Gasteiger partial charge in [-0.15, -0.1) is 0 Å². The lowest BCUT2D eigenvalue weighted by Gasteiger charge is -2.20. The highest BCUT2D eigenvalue weighted by Crippen LogP contribution is 2.19. The molecule has 1 aromatic carbocycles. The van der Waals surface area contributed by atoms with Crippen LogP contribution in [0.2, 0.25) is 0 Å². The number of alkyl halides is 1. The predicted octanol–water partition coefficient (Wildman–Crippen LogP) is 0.347. The van der Waals surface area contributed by atoms with Gasteiger partial charge in [-0.25, -0.2) is 4.39 Å². The number of amides is 2. The number of carbonyl (C=O) groups is 2. The number of benzene rings is 1. The van der Waals surface area contributed by atoms with Crippen molar-refractivity contribution in [2.75, 3.05) is 20.2 Å². The third-order valence-electron chi connectivity index (χ3n) is 3.85. The molecule has 1 aliphatic heterocycles. The fourth-order valence-electron chi connectivity index (χ4n) is 2.68. The van der Waals surface area contributed by atoms with Crippen molar-refractivity contribution in [2.24, 2.45) is 5.73 Å². The molecule has 0 bridgehead atoms. The number of carbonyl (C=O) groups excluding carboxylic acids is 2. The van der Waals surface area contributed by atoms with Gasteiger partial charge in [0.2, 0.25) is 11.8 Å². The topological polar surface area (TPSA) is 84.7 Å². The highest BCUT2D eigenvalue weighted by atomic mass is 19.1. The lowest BCUT2D eigenvalue weighted by molar-refractivity contribution is -0.125. The number of nitrogens with two attached hydrogens (primary N) is 1. The second-order valence-electron chi connectivity index (χ2n) is 5.71. The maximum absolute atomic E-state index is 13.4. The molecule has 0 radical (unpaired) electrons. The Balaban J connectivity index is 1.81. The number of ether oxygens (including phenoxy) is 1. The van der Waals surface area contributed by atoms with Crippen LogP contribution in [0.25, 0.3) is 0 Å². The van der Waals surface area contributed by atoms with Gasteiger partial charge in [0.25, 0.3) is 0 Å². The molecule has 0 unspecified atom stereocenters. The van der Waals surface area contributed by atoms with Gasteiger partial charge in [-0.1, -0.05) is 24.3 Å². The van der Waals surface area contributed by atoms with Gasteiger partial charge in [-0.3, -0.25) is 14.5 Å². The van der Waals surface area contributed by atoms with Crippen LogP contribution in [0.1, 0.15) is 17.5 Å². The van der Waals surface area contributed by atoms with Crippen LogP contribution in [0, 0.1) is 0 Å². The summed E-state index contributed by atoms with van der Waals surface area (Å²) in [6, 6.07) is 6.98. The summed E-state index contributed by atoms with van der Waals surface area (Å²) in [5, 5.41) is 2.77. The molecule has 7 heteroatoms. The number of nitrogens with zero attached hydrogens (tertiary/aromatic N) is 1. The molecule has 0 spiro atoms. The molecular formula is C16H22FN3O3. The molecule has 0 aliphatic carbocycles. The van der Waals surface area contributed by atoms with Crippen molar-refractivity contribution in [3.63, 3.8) is 0 Å². The Morgan fingerprint density at radius 2 is 2.00 bits per heavy atom. The van der Waals surface area contributed by atoms with E-state index in [1.54, 1.807) is 7.11 Å². The summed E-state index contributed by atoms with van der Waals surface area (Å²) in [5.74, 6) is -0.849. The standard InChI is InChI=1S/C16H22FN3O3/c1-23-10-12-4-2-11(3-5-12)7-19-15(21)9-20-8-13(17)6-14(20)16(18)22/h2-5,13-14H,6-10H2,1H3,(H2,18,22)(H,19,21)/t13-,14+/m1/s1. The van der Waals surface area contributed by atoms with Crippen LogP contribution in [-0.4, -0.2) is 49.1 Å². The summed E-state index contributed by atoms with van der Waals surface area (Å²) in [4.78, 5) is 24.7. The fraction of sp³-hybridized carbons (Fsp3) is 0.500. The Kier molecular flexibility index (Phi) is 6.06. The Morgan fingerprint density at radius 3 is 2.61 bits per heavy atom. The van der Waals surface area contributed by atoms with Gasteiger partial charge >= 0.3 is 0 Å². The van der Waals surface area contributed by atoms with Crippen LogP contribution in [0.15, 0.2) is 24.3 Å². The van der Waals surface area contributed by atoms with E-state index in [4.69, 9.17) is 10.5 Å². The van der Waals surface area contributed by atoms with Crippen LogP contribution >= 0.6 is 0 Å². The molecule has 126 valence electrons. The Hall–Kier alpha value is -1.99. The largest absolute Gasteiger partial charge is 0.380 e. The zero-order valence-electron chi connectivity index (χ0n) is 13.1. The molecule has 1 aliphatic rings. The summed E-state index contributed by atoms with van der Waals surface area (Å²) in [6.07, 6.45) is -1.06. The van der Waals surface area contributed by atoms with E-state index < -0.39 is 18.1 Å². The maximum Gasteiger partial charge on any atom is 0.234 e. The SMILES string of the molecule is COCc1ccc(CNC(=O)CN2C[C@H](F)C[C@H]2C(N)=O)cc1. The van der Waals surface area contributed by atoms with E-state index in [2.05, 4.69) is 5.32 Å². The van der Waals surface area contributed by atoms with Crippen LogP contribution in [-0.2, 0) is 27.5 Å². The molecule has 6 nitrogen and oxygen atoms in total. The third kappa shape index (κ3) is 5.01. The number of nitrogens with one attached hydrogen (secondary N) is 1. The molecule has 1 fully saturated rings. The van der Waals surface area contributed by atoms with E-state index in [9.17, 15) is 14.0 Å². The smallest absolute Gasteiger partial charge is 0.234 e. The monoisotopic (exact) mass is 323 g/mol. The molecule has 0 saturated carbocycles. The molecule has 2 atom stereocenters. The van der Waals surface area contributed by atoms with Crippen LogP contribution in [0.4, 0.5) is 4.39 Å². The number of rotatable bonds is 7. The molecule has 1 aromatic rings.